The quantitative estimate of drug-likeness (QED) is 0.320. The number of ether oxygens (including phenoxy) is 2. The van der Waals surface area contributed by atoms with Crippen molar-refractivity contribution in [1.82, 2.24) is 3.97 Å². The van der Waals surface area contributed by atoms with Gasteiger partial charge in [0.2, 0.25) is 0 Å². The maximum Gasteiger partial charge on any atom is 0.303 e. The van der Waals surface area contributed by atoms with Crippen molar-refractivity contribution in [3.63, 3.8) is 0 Å². The predicted molar refractivity (Wildman–Crippen MR) is 135 cm³/mol. The first-order chi connectivity index (χ1) is 16.8. The summed E-state index contributed by atoms with van der Waals surface area (Å²) < 4.78 is 40.3. The van der Waals surface area contributed by atoms with E-state index in [2.05, 4.69) is 0 Å². The molecule has 4 aromatic rings. The monoisotopic (exact) mass is 493 g/mol. The van der Waals surface area contributed by atoms with Crippen LogP contribution in [0.5, 0.6) is 11.5 Å². The molecule has 0 aliphatic heterocycles. The Labute approximate surface area is 204 Å². The van der Waals surface area contributed by atoms with Crippen molar-refractivity contribution < 1.29 is 27.8 Å². The fraction of sp³-hybridized carbons (Fsp3) is 0.222. The van der Waals surface area contributed by atoms with E-state index >= 15 is 0 Å². The van der Waals surface area contributed by atoms with Crippen molar-refractivity contribution in [3.8, 4) is 22.6 Å². The fourth-order valence-electron chi connectivity index (χ4n) is 4.07. The standard InChI is InChI=1S/C27H27NO6S/c1-3-33-21-12-9-19(10-13-21)23-7-5-6-8-26(23)35(31,32)28-18-20(11-16-27(29)30)24-17-22(34-4-2)14-15-25(24)28/h5-10,12-15,17-18H,3-4,11,16H2,1-2H3,(H,29,30). The zero-order chi connectivity index (χ0) is 25.0. The molecule has 3 aromatic carbocycles. The van der Waals surface area contributed by atoms with Gasteiger partial charge in [0.05, 0.1) is 23.6 Å². The van der Waals surface area contributed by atoms with E-state index in [0.29, 0.717) is 46.7 Å². The largest absolute Gasteiger partial charge is 0.494 e. The number of aryl methyl sites for hydroxylation is 1. The molecule has 0 saturated heterocycles. The zero-order valence-corrected chi connectivity index (χ0v) is 20.4. The van der Waals surface area contributed by atoms with E-state index in [0.717, 1.165) is 5.56 Å². The minimum Gasteiger partial charge on any atom is -0.494 e. The number of aliphatic carboxylic acids is 1. The Kier molecular flexibility index (Phi) is 7.12. The summed E-state index contributed by atoms with van der Waals surface area (Å²) in [5, 5.41) is 9.84. The summed E-state index contributed by atoms with van der Waals surface area (Å²) >= 11 is 0. The first-order valence-corrected chi connectivity index (χ1v) is 12.9. The van der Waals surface area contributed by atoms with E-state index in [-0.39, 0.29) is 17.7 Å². The number of fused-ring (bicyclic) bond motifs is 1. The van der Waals surface area contributed by atoms with Crippen molar-refractivity contribution in [1.29, 1.82) is 0 Å². The predicted octanol–water partition coefficient (Wildman–Crippen LogP) is 5.36. The molecule has 0 aliphatic carbocycles. The van der Waals surface area contributed by atoms with Crippen LogP contribution in [0.25, 0.3) is 22.0 Å². The molecule has 0 fully saturated rings. The normalized spacial score (nSPS) is 11.5. The van der Waals surface area contributed by atoms with Crippen LogP contribution in [-0.4, -0.2) is 36.7 Å². The number of hydrogen-bond acceptors (Lipinski definition) is 5. The summed E-state index contributed by atoms with van der Waals surface area (Å²) in [5.74, 6) is 0.359. The summed E-state index contributed by atoms with van der Waals surface area (Å²) in [6.45, 7) is 4.77. The van der Waals surface area contributed by atoms with E-state index in [9.17, 15) is 18.3 Å². The van der Waals surface area contributed by atoms with E-state index in [4.69, 9.17) is 9.47 Å². The Hall–Kier alpha value is -3.78. The molecule has 1 aromatic heterocycles. The van der Waals surface area contributed by atoms with Gasteiger partial charge in [0, 0.05) is 23.6 Å². The molecule has 4 rings (SSSR count). The van der Waals surface area contributed by atoms with E-state index in [1.54, 1.807) is 42.5 Å². The minimum atomic E-state index is -4.01. The summed E-state index contributed by atoms with van der Waals surface area (Å²) in [7, 11) is -4.01. The van der Waals surface area contributed by atoms with Gasteiger partial charge in [0.1, 0.15) is 11.5 Å². The van der Waals surface area contributed by atoms with Gasteiger partial charge in [-0.1, -0.05) is 30.3 Å². The van der Waals surface area contributed by atoms with Crippen LogP contribution in [0, 0.1) is 0 Å². The highest BCUT2D eigenvalue weighted by atomic mass is 32.2. The Morgan fingerprint density at radius 2 is 1.57 bits per heavy atom. The summed E-state index contributed by atoms with van der Waals surface area (Å²) in [6.07, 6.45) is 1.61. The number of carbonyl (C=O) groups is 1. The van der Waals surface area contributed by atoms with Crippen molar-refractivity contribution >= 4 is 26.9 Å². The SMILES string of the molecule is CCOc1ccc(-c2ccccc2S(=O)(=O)n2cc(CCC(=O)O)c3cc(OCC)ccc32)cc1. The third kappa shape index (κ3) is 5.02. The fourth-order valence-corrected chi connectivity index (χ4v) is 5.69. The molecule has 8 heteroatoms. The number of rotatable bonds is 10. The van der Waals surface area contributed by atoms with Gasteiger partial charge >= 0.3 is 5.97 Å². The lowest BCUT2D eigenvalue weighted by Gasteiger charge is -2.13. The first-order valence-electron chi connectivity index (χ1n) is 11.4. The molecule has 0 saturated carbocycles. The van der Waals surface area contributed by atoms with Gasteiger partial charge in [-0.25, -0.2) is 12.4 Å². The van der Waals surface area contributed by atoms with Crippen molar-refractivity contribution in [3.05, 3.63) is 78.5 Å². The number of nitrogens with zero attached hydrogens (tertiary/aromatic N) is 1. The molecule has 0 unspecified atom stereocenters. The van der Waals surface area contributed by atoms with Gasteiger partial charge < -0.3 is 14.6 Å². The number of hydrogen-bond donors (Lipinski definition) is 1. The molecule has 0 radical (unpaired) electrons. The van der Waals surface area contributed by atoms with Crippen LogP contribution in [0.15, 0.2) is 77.8 Å². The Morgan fingerprint density at radius 1 is 0.914 bits per heavy atom. The topological polar surface area (TPSA) is 94.8 Å². The van der Waals surface area contributed by atoms with Crippen molar-refractivity contribution in [2.24, 2.45) is 0 Å². The lowest BCUT2D eigenvalue weighted by molar-refractivity contribution is -0.136. The lowest BCUT2D eigenvalue weighted by atomic mass is 10.1. The second kappa shape index (κ2) is 10.2. The van der Waals surface area contributed by atoms with Crippen LogP contribution < -0.4 is 9.47 Å². The lowest BCUT2D eigenvalue weighted by Crippen LogP contribution is -2.13. The Balaban J connectivity index is 1.85. The van der Waals surface area contributed by atoms with Gasteiger partial charge in [-0.3, -0.25) is 4.79 Å². The molecule has 7 nitrogen and oxygen atoms in total. The third-order valence-corrected chi connectivity index (χ3v) is 7.38. The molecular weight excluding hydrogens is 466 g/mol. The molecule has 1 heterocycles. The Bertz CT molecular complexity index is 1460. The number of benzene rings is 3. The van der Waals surface area contributed by atoms with Crippen molar-refractivity contribution in [2.45, 2.75) is 31.6 Å². The highest BCUT2D eigenvalue weighted by Gasteiger charge is 2.25. The maximum atomic E-state index is 14.0. The zero-order valence-electron chi connectivity index (χ0n) is 19.6. The van der Waals surface area contributed by atoms with E-state index in [1.807, 2.05) is 38.1 Å². The summed E-state index contributed by atoms with van der Waals surface area (Å²) in [5.41, 5.74) is 2.41. The summed E-state index contributed by atoms with van der Waals surface area (Å²) in [6, 6.07) is 19.3. The molecule has 0 atom stereocenters. The second-order valence-electron chi connectivity index (χ2n) is 7.91. The number of carboxylic acid groups (broad SMARTS) is 1. The van der Waals surface area contributed by atoms with E-state index in [1.165, 1.54) is 10.2 Å². The molecule has 0 aliphatic rings. The second-order valence-corrected chi connectivity index (χ2v) is 9.70. The average molecular weight is 494 g/mol. The highest BCUT2D eigenvalue weighted by molar-refractivity contribution is 7.90. The number of aromatic nitrogens is 1. The Morgan fingerprint density at radius 3 is 2.26 bits per heavy atom. The number of carboxylic acids is 1. The van der Waals surface area contributed by atoms with Crippen LogP contribution in [0.1, 0.15) is 25.8 Å². The van der Waals surface area contributed by atoms with Gasteiger partial charge in [0.25, 0.3) is 10.0 Å². The third-order valence-electron chi connectivity index (χ3n) is 5.64. The highest BCUT2D eigenvalue weighted by Crippen LogP contribution is 2.34. The summed E-state index contributed by atoms with van der Waals surface area (Å²) in [4.78, 5) is 11.4. The smallest absolute Gasteiger partial charge is 0.303 e. The molecule has 0 bridgehead atoms. The van der Waals surface area contributed by atoms with Gasteiger partial charge in [-0.15, -0.1) is 0 Å². The molecule has 0 spiro atoms. The van der Waals surface area contributed by atoms with Crippen LogP contribution in [0.4, 0.5) is 0 Å². The molecule has 1 N–H and O–H groups in total. The molecule has 35 heavy (non-hydrogen) atoms. The van der Waals surface area contributed by atoms with Crippen LogP contribution >= 0.6 is 0 Å². The van der Waals surface area contributed by atoms with Crippen LogP contribution in [0.2, 0.25) is 0 Å². The first kappa shape index (κ1) is 24.3. The van der Waals surface area contributed by atoms with Gasteiger partial charge in [0.15, 0.2) is 0 Å². The van der Waals surface area contributed by atoms with Crippen LogP contribution in [0.3, 0.4) is 0 Å². The maximum absolute atomic E-state index is 14.0. The van der Waals surface area contributed by atoms with Crippen molar-refractivity contribution in [2.75, 3.05) is 13.2 Å². The van der Waals surface area contributed by atoms with Gasteiger partial charge in [-0.2, -0.15) is 0 Å². The molecular formula is C27H27NO6S. The average Bonchev–Trinajstić information content (AvgIpc) is 3.22. The van der Waals surface area contributed by atoms with Gasteiger partial charge in [-0.05, 0) is 67.8 Å². The molecule has 0 amide bonds. The van der Waals surface area contributed by atoms with Crippen LogP contribution in [-0.2, 0) is 21.2 Å². The minimum absolute atomic E-state index is 0.110. The molecule has 182 valence electrons. The van der Waals surface area contributed by atoms with E-state index < -0.39 is 16.0 Å².